The number of hydrogen-bond acceptors (Lipinski definition) is 2. The first-order chi connectivity index (χ1) is 11.5. The topological polar surface area (TPSA) is 52.6 Å². The van der Waals surface area contributed by atoms with Crippen LogP contribution in [0.4, 0.5) is 13.6 Å². The summed E-state index contributed by atoms with van der Waals surface area (Å²) in [4.78, 5) is 14.3. The number of rotatable bonds is 2. The summed E-state index contributed by atoms with van der Waals surface area (Å²) < 4.78 is 27.5. The Balaban J connectivity index is 1.74. The number of likely N-dealkylation sites (tertiary alicyclic amines) is 1. The van der Waals surface area contributed by atoms with Gasteiger partial charge in [-0.2, -0.15) is 0 Å². The number of piperidine rings is 1. The summed E-state index contributed by atoms with van der Waals surface area (Å²) in [6.45, 7) is 3.28. The fourth-order valence-electron chi connectivity index (χ4n) is 4.01. The van der Waals surface area contributed by atoms with Crippen molar-refractivity contribution in [3.05, 3.63) is 34.9 Å². The summed E-state index contributed by atoms with van der Waals surface area (Å²) in [6.07, 6.45) is 2.91. The first-order valence-electron chi connectivity index (χ1n) is 8.62. The molecular weight excluding hydrogens is 314 g/mol. The summed E-state index contributed by atoms with van der Waals surface area (Å²) in [5.41, 5.74) is 1.06. The molecule has 3 atom stereocenters. The maximum Gasteiger partial charge on any atom is 0.317 e. The van der Waals surface area contributed by atoms with Crippen LogP contribution in [0.2, 0.25) is 0 Å². The second-order valence-corrected chi connectivity index (χ2v) is 7.14. The third-order valence-corrected chi connectivity index (χ3v) is 5.08. The van der Waals surface area contributed by atoms with E-state index in [0.717, 1.165) is 18.9 Å². The highest BCUT2D eigenvalue weighted by atomic mass is 19.1. The van der Waals surface area contributed by atoms with Crippen LogP contribution in [0.15, 0.2) is 12.1 Å². The Bertz CT molecular complexity index is 623. The number of urea groups is 1. The lowest BCUT2D eigenvalue weighted by Gasteiger charge is -2.37. The number of aliphatic hydroxyl groups is 1. The van der Waals surface area contributed by atoms with Gasteiger partial charge in [-0.25, -0.2) is 13.6 Å². The van der Waals surface area contributed by atoms with Crippen molar-refractivity contribution in [1.82, 2.24) is 10.2 Å². The fourth-order valence-corrected chi connectivity index (χ4v) is 4.01. The normalized spacial score (nSPS) is 26.8. The summed E-state index contributed by atoms with van der Waals surface area (Å²) in [7, 11) is 0. The highest BCUT2D eigenvalue weighted by Gasteiger charge is 2.30. The van der Waals surface area contributed by atoms with Crippen molar-refractivity contribution in [1.29, 1.82) is 0 Å². The van der Waals surface area contributed by atoms with Gasteiger partial charge in [0.15, 0.2) is 0 Å². The van der Waals surface area contributed by atoms with Gasteiger partial charge in [0, 0.05) is 25.8 Å². The second-order valence-electron chi connectivity index (χ2n) is 7.14. The molecule has 1 aliphatic carbocycles. The molecule has 1 saturated heterocycles. The number of fused-ring (bicyclic) bond motifs is 1. The van der Waals surface area contributed by atoms with Crippen molar-refractivity contribution in [2.24, 2.45) is 11.8 Å². The van der Waals surface area contributed by atoms with Crippen LogP contribution in [-0.4, -0.2) is 35.7 Å². The third kappa shape index (κ3) is 3.53. The van der Waals surface area contributed by atoms with E-state index in [2.05, 4.69) is 12.2 Å². The Labute approximate surface area is 140 Å². The number of benzene rings is 1. The third-order valence-electron chi connectivity index (χ3n) is 5.08. The summed E-state index contributed by atoms with van der Waals surface area (Å²) >= 11 is 0. The van der Waals surface area contributed by atoms with Gasteiger partial charge in [-0.1, -0.05) is 6.92 Å². The molecule has 2 N–H and O–H groups in total. The maximum atomic E-state index is 14.0. The van der Waals surface area contributed by atoms with Gasteiger partial charge in [0.05, 0.1) is 6.04 Å². The molecule has 0 radical (unpaired) electrons. The van der Waals surface area contributed by atoms with Crippen LogP contribution in [0.1, 0.15) is 43.4 Å². The van der Waals surface area contributed by atoms with Crippen molar-refractivity contribution < 1.29 is 18.7 Å². The number of carbonyl (C=O) groups excluding carboxylic acids is 1. The first-order valence-corrected chi connectivity index (χ1v) is 8.62. The second kappa shape index (κ2) is 7.05. The lowest BCUT2D eigenvalue weighted by molar-refractivity contribution is 0.103. The molecule has 4 nitrogen and oxygen atoms in total. The molecular formula is C18H24F2N2O2. The Hall–Kier alpha value is -1.69. The van der Waals surface area contributed by atoms with Crippen LogP contribution in [0.25, 0.3) is 0 Å². The zero-order chi connectivity index (χ0) is 17.3. The average Bonchev–Trinajstić information content (AvgIpc) is 2.54. The van der Waals surface area contributed by atoms with E-state index in [1.54, 1.807) is 4.90 Å². The molecule has 3 rings (SSSR count). The minimum Gasteiger partial charge on any atom is -0.396 e. The molecule has 2 unspecified atom stereocenters. The minimum atomic E-state index is -0.612. The fraction of sp³-hybridized carbons (Fsp3) is 0.611. The average molecular weight is 338 g/mol. The lowest BCUT2D eigenvalue weighted by Crippen LogP contribution is -2.49. The van der Waals surface area contributed by atoms with Crippen LogP contribution in [0.3, 0.4) is 0 Å². The standard InChI is InChI=1S/C18H24F2N2O2/c1-11-5-12(10-23)9-22(8-11)18(24)21-17-4-2-3-14-15(17)6-13(19)7-16(14)20/h6-7,11-12,17,23H,2-5,8-10H2,1H3,(H,21,24)/t11?,12?,17-/m1/s1. The van der Waals surface area contributed by atoms with Crippen molar-refractivity contribution in [3.63, 3.8) is 0 Å². The molecule has 2 amide bonds. The van der Waals surface area contributed by atoms with E-state index in [0.29, 0.717) is 43.0 Å². The van der Waals surface area contributed by atoms with Crippen molar-refractivity contribution in [2.75, 3.05) is 19.7 Å². The number of aliphatic hydroxyl groups excluding tert-OH is 1. The molecule has 0 saturated carbocycles. The quantitative estimate of drug-likeness (QED) is 0.871. The van der Waals surface area contributed by atoms with Crippen molar-refractivity contribution in [3.8, 4) is 0 Å². The van der Waals surface area contributed by atoms with E-state index in [1.807, 2.05) is 0 Å². The summed E-state index contributed by atoms with van der Waals surface area (Å²) in [6, 6.07) is 1.65. The van der Waals surface area contributed by atoms with E-state index in [1.165, 1.54) is 6.07 Å². The van der Waals surface area contributed by atoms with Gasteiger partial charge in [-0.3, -0.25) is 0 Å². The summed E-state index contributed by atoms with van der Waals surface area (Å²) in [5, 5.41) is 12.3. The Morgan fingerprint density at radius 1 is 1.38 bits per heavy atom. The molecule has 1 aliphatic heterocycles. The van der Waals surface area contributed by atoms with Crippen LogP contribution in [0, 0.1) is 23.5 Å². The number of nitrogens with one attached hydrogen (secondary N) is 1. The minimum absolute atomic E-state index is 0.0663. The van der Waals surface area contributed by atoms with Crippen LogP contribution in [-0.2, 0) is 6.42 Å². The van der Waals surface area contributed by atoms with Gasteiger partial charge >= 0.3 is 6.03 Å². The van der Waals surface area contributed by atoms with E-state index in [-0.39, 0.29) is 24.6 Å². The molecule has 0 bridgehead atoms. The number of halogens is 2. The number of nitrogens with zero attached hydrogens (tertiary/aromatic N) is 1. The van der Waals surface area contributed by atoms with E-state index >= 15 is 0 Å². The highest BCUT2D eigenvalue weighted by molar-refractivity contribution is 5.75. The van der Waals surface area contributed by atoms with Crippen LogP contribution in [0.5, 0.6) is 0 Å². The van der Waals surface area contributed by atoms with Gasteiger partial charge < -0.3 is 15.3 Å². The summed E-state index contributed by atoms with van der Waals surface area (Å²) in [5.74, 6) is -0.724. The molecule has 132 valence electrons. The lowest BCUT2D eigenvalue weighted by atomic mass is 9.87. The largest absolute Gasteiger partial charge is 0.396 e. The van der Waals surface area contributed by atoms with E-state index in [9.17, 15) is 18.7 Å². The molecule has 1 heterocycles. The van der Waals surface area contributed by atoms with Gasteiger partial charge in [0.2, 0.25) is 0 Å². The zero-order valence-corrected chi connectivity index (χ0v) is 13.9. The molecule has 24 heavy (non-hydrogen) atoms. The molecule has 1 fully saturated rings. The number of carbonyl (C=O) groups is 1. The monoisotopic (exact) mass is 338 g/mol. The van der Waals surface area contributed by atoms with Gasteiger partial charge in [-0.05, 0) is 54.7 Å². The van der Waals surface area contributed by atoms with E-state index in [4.69, 9.17) is 0 Å². The van der Waals surface area contributed by atoms with Crippen LogP contribution < -0.4 is 5.32 Å². The van der Waals surface area contributed by atoms with Crippen molar-refractivity contribution in [2.45, 2.75) is 38.6 Å². The van der Waals surface area contributed by atoms with E-state index < -0.39 is 11.6 Å². The van der Waals surface area contributed by atoms with Gasteiger partial charge in [0.25, 0.3) is 0 Å². The predicted molar refractivity (Wildman–Crippen MR) is 86.5 cm³/mol. The Morgan fingerprint density at radius 2 is 2.17 bits per heavy atom. The smallest absolute Gasteiger partial charge is 0.317 e. The molecule has 1 aromatic carbocycles. The molecule has 2 aliphatic rings. The molecule has 0 spiro atoms. The first kappa shape index (κ1) is 17.1. The Morgan fingerprint density at radius 3 is 2.92 bits per heavy atom. The SMILES string of the molecule is CC1CC(CO)CN(C(=O)N[C@@H]2CCCc3c(F)cc(F)cc32)C1. The molecule has 1 aromatic rings. The number of hydrogen-bond donors (Lipinski definition) is 2. The highest BCUT2D eigenvalue weighted by Crippen LogP contribution is 2.32. The zero-order valence-electron chi connectivity index (χ0n) is 13.9. The van der Waals surface area contributed by atoms with Gasteiger partial charge in [-0.15, -0.1) is 0 Å². The van der Waals surface area contributed by atoms with Crippen molar-refractivity contribution >= 4 is 6.03 Å². The molecule has 6 heteroatoms. The Kier molecular flexibility index (Phi) is 5.04. The number of amides is 2. The predicted octanol–water partition coefficient (Wildman–Crippen LogP) is 3.00. The van der Waals surface area contributed by atoms with Gasteiger partial charge in [0.1, 0.15) is 11.6 Å². The maximum absolute atomic E-state index is 14.0. The van der Waals surface area contributed by atoms with Crippen LogP contribution >= 0.6 is 0 Å². The molecule has 0 aromatic heterocycles.